The third kappa shape index (κ3) is 3.65. The number of hydrogen-bond donors (Lipinski definition) is 1. The lowest BCUT2D eigenvalue weighted by Gasteiger charge is -2.16. The predicted molar refractivity (Wildman–Crippen MR) is 109 cm³/mol. The first kappa shape index (κ1) is 18.3. The van der Waals surface area contributed by atoms with Crippen molar-refractivity contribution in [1.29, 1.82) is 0 Å². The fraction of sp³-hybridized carbons (Fsp3) is 0.304. The van der Waals surface area contributed by atoms with Crippen LogP contribution in [-0.2, 0) is 22.6 Å². The third-order valence-corrected chi connectivity index (χ3v) is 5.43. The highest BCUT2D eigenvalue weighted by atomic mass is 16.3. The summed E-state index contributed by atoms with van der Waals surface area (Å²) in [5.41, 5.74) is 6.01. The molecule has 1 saturated heterocycles. The standard InChI is InChI=1S/C23H24N2O3/c1-15-10-20-18(14-28-21(20)11-16(15)2)12-22(26)24-13-17-5-7-19(8-6-17)25-9-3-4-23(25)27/h5-8,10-11,14H,3-4,9,12-13H2,1-2H3,(H,24,26). The molecule has 1 aliphatic heterocycles. The van der Waals surface area contributed by atoms with Crippen molar-refractivity contribution < 1.29 is 14.0 Å². The van der Waals surface area contributed by atoms with Crippen LogP contribution in [0.1, 0.15) is 35.1 Å². The van der Waals surface area contributed by atoms with Crippen LogP contribution in [0.25, 0.3) is 11.0 Å². The molecule has 0 spiro atoms. The molecule has 3 aromatic rings. The van der Waals surface area contributed by atoms with E-state index in [-0.39, 0.29) is 18.2 Å². The van der Waals surface area contributed by atoms with Crippen LogP contribution in [0.15, 0.2) is 47.1 Å². The number of carbonyl (C=O) groups excluding carboxylic acids is 2. The fourth-order valence-electron chi connectivity index (χ4n) is 3.62. The van der Waals surface area contributed by atoms with Crippen LogP contribution in [0.3, 0.4) is 0 Å². The topological polar surface area (TPSA) is 62.6 Å². The summed E-state index contributed by atoms with van der Waals surface area (Å²) >= 11 is 0. The molecule has 0 aliphatic carbocycles. The van der Waals surface area contributed by atoms with Gasteiger partial charge >= 0.3 is 0 Å². The zero-order valence-electron chi connectivity index (χ0n) is 16.2. The van der Waals surface area contributed by atoms with Gasteiger partial charge in [0.2, 0.25) is 11.8 Å². The van der Waals surface area contributed by atoms with Gasteiger partial charge in [-0.2, -0.15) is 0 Å². The maximum atomic E-state index is 12.4. The molecule has 2 amide bonds. The quantitative estimate of drug-likeness (QED) is 0.731. The predicted octanol–water partition coefficient (Wildman–Crippen LogP) is 4.04. The van der Waals surface area contributed by atoms with Crippen LogP contribution >= 0.6 is 0 Å². The van der Waals surface area contributed by atoms with E-state index in [1.165, 1.54) is 11.1 Å². The molecule has 1 fully saturated rings. The maximum absolute atomic E-state index is 12.4. The number of nitrogens with zero attached hydrogens (tertiary/aromatic N) is 1. The molecular formula is C23H24N2O3. The number of benzene rings is 2. The highest BCUT2D eigenvalue weighted by Gasteiger charge is 2.21. The lowest BCUT2D eigenvalue weighted by molar-refractivity contribution is -0.120. The van der Waals surface area contributed by atoms with E-state index in [1.54, 1.807) is 6.26 Å². The summed E-state index contributed by atoms with van der Waals surface area (Å²) in [7, 11) is 0. The van der Waals surface area contributed by atoms with Gasteiger partial charge in [-0.15, -0.1) is 0 Å². The summed E-state index contributed by atoms with van der Waals surface area (Å²) in [6, 6.07) is 11.9. The molecule has 1 aliphatic rings. The molecule has 0 unspecified atom stereocenters. The van der Waals surface area contributed by atoms with E-state index in [2.05, 4.69) is 25.2 Å². The largest absolute Gasteiger partial charge is 0.464 e. The molecule has 1 aromatic heterocycles. The normalized spacial score (nSPS) is 14.1. The number of aryl methyl sites for hydroxylation is 2. The number of anilines is 1. The van der Waals surface area contributed by atoms with Gasteiger partial charge in [-0.05, 0) is 61.2 Å². The van der Waals surface area contributed by atoms with E-state index in [1.807, 2.05) is 35.2 Å². The number of amides is 2. The number of carbonyl (C=O) groups is 2. The van der Waals surface area contributed by atoms with E-state index in [9.17, 15) is 9.59 Å². The minimum Gasteiger partial charge on any atom is -0.464 e. The SMILES string of the molecule is Cc1cc2occ(CC(=O)NCc3ccc(N4CCCC4=O)cc3)c2cc1C. The Morgan fingerprint density at radius 2 is 1.89 bits per heavy atom. The lowest BCUT2D eigenvalue weighted by Crippen LogP contribution is -2.25. The minimum absolute atomic E-state index is 0.0419. The van der Waals surface area contributed by atoms with Gasteiger partial charge in [-0.3, -0.25) is 9.59 Å². The summed E-state index contributed by atoms with van der Waals surface area (Å²) < 4.78 is 5.61. The molecule has 0 radical (unpaired) electrons. The highest BCUT2D eigenvalue weighted by Crippen LogP contribution is 2.25. The van der Waals surface area contributed by atoms with Crippen molar-refractivity contribution in [2.24, 2.45) is 0 Å². The summed E-state index contributed by atoms with van der Waals surface area (Å²) in [6.45, 7) is 5.35. The van der Waals surface area contributed by atoms with Crippen LogP contribution in [-0.4, -0.2) is 18.4 Å². The van der Waals surface area contributed by atoms with E-state index >= 15 is 0 Å². The minimum atomic E-state index is -0.0419. The molecule has 0 bridgehead atoms. The smallest absolute Gasteiger partial charge is 0.227 e. The van der Waals surface area contributed by atoms with Crippen LogP contribution in [0.5, 0.6) is 0 Å². The van der Waals surface area contributed by atoms with E-state index in [0.717, 1.165) is 40.7 Å². The Bertz CT molecular complexity index is 1030. The number of hydrogen-bond acceptors (Lipinski definition) is 3. The molecule has 5 nitrogen and oxygen atoms in total. The van der Waals surface area contributed by atoms with Crippen LogP contribution < -0.4 is 10.2 Å². The van der Waals surface area contributed by atoms with E-state index < -0.39 is 0 Å². The van der Waals surface area contributed by atoms with Crippen molar-refractivity contribution in [3.05, 3.63) is 64.9 Å². The van der Waals surface area contributed by atoms with Crippen molar-refractivity contribution in [1.82, 2.24) is 5.32 Å². The van der Waals surface area contributed by atoms with Gasteiger partial charge in [0.15, 0.2) is 0 Å². The average Bonchev–Trinajstić information content (AvgIpc) is 3.27. The Morgan fingerprint density at radius 3 is 2.61 bits per heavy atom. The first-order valence-corrected chi connectivity index (χ1v) is 9.64. The molecule has 2 heterocycles. The number of fused-ring (bicyclic) bond motifs is 1. The van der Waals surface area contributed by atoms with Crippen LogP contribution in [0, 0.1) is 13.8 Å². The van der Waals surface area contributed by atoms with E-state index in [0.29, 0.717) is 13.0 Å². The van der Waals surface area contributed by atoms with Crippen molar-refractivity contribution in [2.75, 3.05) is 11.4 Å². The summed E-state index contributed by atoms with van der Waals surface area (Å²) in [4.78, 5) is 26.0. The Kier molecular flexibility index (Phi) is 4.90. The zero-order chi connectivity index (χ0) is 19.7. The number of rotatable bonds is 5. The Morgan fingerprint density at radius 1 is 1.14 bits per heavy atom. The molecule has 0 saturated carbocycles. The molecule has 5 heteroatoms. The second-order valence-electron chi connectivity index (χ2n) is 7.46. The average molecular weight is 376 g/mol. The first-order chi connectivity index (χ1) is 13.5. The van der Waals surface area contributed by atoms with Gasteiger partial charge in [-0.1, -0.05) is 12.1 Å². The molecule has 144 valence electrons. The first-order valence-electron chi connectivity index (χ1n) is 9.64. The molecule has 1 N–H and O–H groups in total. The lowest BCUT2D eigenvalue weighted by atomic mass is 10.0. The van der Waals surface area contributed by atoms with Gasteiger partial charge in [-0.25, -0.2) is 0 Å². The second kappa shape index (κ2) is 7.50. The van der Waals surface area contributed by atoms with Crippen molar-refractivity contribution >= 4 is 28.5 Å². The van der Waals surface area contributed by atoms with Gasteiger partial charge in [0.1, 0.15) is 5.58 Å². The Balaban J connectivity index is 1.37. The maximum Gasteiger partial charge on any atom is 0.227 e. The summed E-state index contributed by atoms with van der Waals surface area (Å²) in [6.07, 6.45) is 3.50. The van der Waals surface area contributed by atoms with Gasteiger partial charge in [0.05, 0.1) is 12.7 Å². The Hall–Kier alpha value is -3.08. The van der Waals surface area contributed by atoms with E-state index in [4.69, 9.17) is 4.42 Å². The van der Waals surface area contributed by atoms with Crippen LogP contribution in [0.4, 0.5) is 5.69 Å². The van der Waals surface area contributed by atoms with Gasteiger partial charge in [0, 0.05) is 36.1 Å². The number of nitrogens with one attached hydrogen (secondary N) is 1. The third-order valence-electron chi connectivity index (χ3n) is 5.43. The molecular weight excluding hydrogens is 352 g/mol. The molecule has 4 rings (SSSR count). The second-order valence-corrected chi connectivity index (χ2v) is 7.46. The molecule has 28 heavy (non-hydrogen) atoms. The van der Waals surface area contributed by atoms with Gasteiger partial charge in [0.25, 0.3) is 0 Å². The fourth-order valence-corrected chi connectivity index (χ4v) is 3.62. The van der Waals surface area contributed by atoms with Crippen molar-refractivity contribution in [2.45, 2.75) is 39.7 Å². The monoisotopic (exact) mass is 376 g/mol. The van der Waals surface area contributed by atoms with Crippen molar-refractivity contribution in [3.8, 4) is 0 Å². The number of furan rings is 1. The van der Waals surface area contributed by atoms with Crippen LogP contribution in [0.2, 0.25) is 0 Å². The highest BCUT2D eigenvalue weighted by molar-refractivity contribution is 5.95. The Labute approximate surface area is 164 Å². The zero-order valence-corrected chi connectivity index (χ0v) is 16.2. The summed E-state index contributed by atoms with van der Waals surface area (Å²) in [5.74, 6) is 0.138. The van der Waals surface area contributed by atoms with Crippen molar-refractivity contribution in [3.63, 3.8) is 0 Å². The molecule has 2 aromatic carbocycles. The summed E-state index contributed by atoms with van der Waals surface area (Å²) in [5, 5.41) is 3.96. The van der Waals surface area contributed by atoms with Gasteiger partial charge < -0.3 is 14.6 Å². The molecule has 0 atom stereocenters.